The highest BCUT2D eigenvalue weighted by Gasteiger charge is 2.03. The summed E-state index contributed by atoms with van der Waals surface area (Å²) >= 11 is 0. The van der Waals surface area contributed by atoms with Gasteiger partial charge < -0.3 is 15.7 Å². The topological polar surface area (TPSA) is 78.4 Å². The fourth-order valence-electron chi connectivity index (χ4n) is 1.41. The van der Waals surface area contributed by atoms with E-state index in [1.807, 2.05) is 6.07 Å². The lowest BCUT2D eigenvalue weighted by molar-refractivity contribution is 0.0696. The van der Waals surface area contributed by atoms with E-state index in [9.17, 15) is 9.59 Å². The van der Waals surface area contributed by atoms with Crippen LogP contribution in [0.3, 0.4) is 0 Å². The van der Waals surface area contributed by atoms with Crippen molar-refractivity contribution in [1.82, 2.24) is 10.6 Å². The quantitative estimate of drug-likeness (QED) is 0.666. The highest BCUT2D eigenvalue weighted by Crippen LogP contribution is 2.05. The van der Waals surface area contributed by atoms with Gasteiger partial charge in [-0.15, -0.1) is 6.58 Å². The number of hydrogen-bond acceptors (Lipinski definition) is 2. The number of aromatic carboxylic acids is 1. The van der Waals surface area contributed by atoms with Crippen molar-refractivity contribution in [3.05, 3.63) is 48.0 Å². The van der Waals surface area contributed by atoms with Crippen LogP contribution in [0, 0.1) is 0 Å². The van der Waals surface area contributed by atoms with E-state index < -0.39 is 5.97 Å². The van der Waals surface area contributed by atoms with E-state index in [4.69, 9.17) is 5.11 Å². The first-order valence-corrected chi connectivity index (χ1v) is 5.58. The molecule has 1 aromatic carbocycles. The van der Waals surface area contributed by atoms with E-state index in [1.54, 1.807) is 18.2 Å². The van der Waals surface area contributed by atoms with E-state index in [2.05, 4.69) is 17.2 Å². The Labute approximate surface area is 106 Å². The number of carbonyl (C=O) groups is 2. The summed E-state index contributed by atoms with van der Waals surface area (Å²) in [6.07, 6.45) is 2.18. The fourth-order valence-corrected chi connectivity index (χ4v) is 1.41. The molecule has 0 fully saturated rings. The number of carboxylic acid groups (broad SMARTS) is 1. The average molecular weight is 248 g/mol. The smallest absolute Gasteiger partial charge is 0.335 e. The van der Waals surface area contributed by atoms with Crippen molar-refractivity contribution in [3.63, 3.8) is 0 Å². The SMILES string of the molecule is C=CCNC(=O)NCCc1cccc(C(=O)O)c1. The normalized spacial score (nSPS) is 9.56. The summed E-state index contributed by atoms with van der Waals surface area (Å²) in [6, 6.07) is 6.40. The number of carboxylic acids is 1. The molecule has 0 aliphatic rings. The van der Waals surface area contributed by atoms with E-state index in [0.29, 0.717) is 19.5 Å². The van der Waals surface area contributed by atoms with Crippen LogP contribution in [0.2, 0.25) is 0 Å². The molecule has 96 valence electrons. The van der Waals surface area contributed by atoms with Crippen molar-refractivity contribution < 1.29 is 14.7 Å². The number of nitrogens with one attached hydrogen (secondary N) is 2. The van der Waals surface area contributed by atoms with Crippen molar-refractivity contribution in [2.45, 2.75) is 6.42 Å². The zero-order valence-corrected chi connectivity index (χ0v) is 9.98. The summed E-state index contributed by atoms with van der Waals surface area (Å²) < 4.78 is 0. The van der Waals surface area contributed by atoms with Crippen LogP contribution < -0.4 is 10.6 Å². The number of amides is 2. The second kappa shape index (κ2) is 7.11. The third-order valence-corrected chi connectivity index (χ3v) is 2.28. The van der Waals surface area contributed by atoms with Crippen molar-refractivity contribution in [2.75, 3.05) is 13.1 Å². The molecule has 0 radical (unpaired) electrons. The van der Waals surface area contributed by atoms with Gasteiger partial charge >= 0.3 is 12.0 Å². The summed E-state index contributed by atoms with van der Waals surface area (Å²) in [6.45, 7) is 4.36. The molecule has 0 saturated heterocycles. The molecule has 3 N–H and O–H groups in total. The zero-order valence-electron chi connectivity index (χ0n) is 9.98. The fraction of sp³-hybridized carbons (Fsp3) is 0.231. The van der Waals surface area contributed by atoms with Crippen LogP contribution in [0.15, 0.2) is 36.9 Å². The molecule has 0 aromatic heterocycles. The standard InChI is InChI=1S/C13H16N2O3/c1-2-7-14-13(18)15-8-6-10-4-3-5-11(9-10)12(16)17/h2-5,9H,1,6-8H2,(H,16,17)(H2,14,15,18). The maximum atomic E-state index is 11.2. The van der Waals surface area contributed by atoms with Gasteiger partial charge in [0.25, 0.3) is 0 Å². The highest BCUT2D eigenvalue weighted by molar-refractivity contribution is 5.87. The van der Waals surface area contributed by atoms with Gasteiger partial charge in [0.05, 0.1) is 5.56 Å². The predicted molar refractivity (Wildman–Crippen MR) is 68.7 cm³/mol. The van der Waals surface area contributed by atoms with Gasteiger partial charge in [0, 0.05) is 13.1 Å². The van der Waals surface area contributed by atoms with Crippen LogP contribution >= 0.6 is 0 Å². The number of benzene rings is 1. The van der Waals surface area contributed by atoms with Crippen LogP contribution in [0.1, 0.15) is 15.9 Å². The average Bonchev–Trinajstić information content (AvgIpc) is 2.36. The number of hydrogen-bond donors (Lipinski definition) is 3. The van der Waals surface area contributed by atoms with Crippen molar-refractivity contribution in [1.29, 1.82) is 0 Å². The van der Waals surface area contributed by atoms with Crippen LogP contribution in [0.25, 0.3) is 0 Å². The molecule has 0 unspecified atom stereocenters. The Bertz CT molecular complexity index is 444. The maximum absolute atomic E-state index is 11.2. The summed E-state index contributed by atoms with van der Waals surface area (Å²) in [4.78, 5) is 22.0. The van der Waals surface area contributed by atoms with Gasteiger partial charge in [-0.25, -0.2) is 9.59 Å². The molecule has 1 aromatic rings. The Morgan fingerprint density at radius 1 is 1.33 bits per heavy atom. The van der Waals surface area contributed by atoms with Crippen LogP contribution in [-0.2, 0) is 6.42 Å². The molecular formula is C13H16N2O3. The summed E-state index contributed by atoms with van der Waals surface area (Å²) in [5.41, 5.74) is 1.13. The van der Waals surface area contributed by atoms with Gasteiger partial charge in [-0.3, -0.25) is 0 Å². The minimum absolute atomic E-state index is 0.253. The Morgan fingerprint density at radius 2 is 2.11 bits per heavy atom. The molecule has 0 atom stereocenters. The Morgan fingerprint density at radius 3 is 2.78 bits per heavy atom. The maximum Gasteiger partial charge on any atom is 0.335 e. The van der Waals surface area contributed by atoms with E-state index in [-0.39, 0.29) is 11.6 Å². The van der Waals surface area contributed by atoms with Crippen molar-refractivity contribution >= 4 is 12.0 Å². The first-order valence-electron chi connectivity index (χ1n) is 5.58. The largest absolute Gasteiger partial charge is 0.478 e. The first-order chi connectivity index (χ1) is 8.63. The van der Waals surface area contributed by atoms with Crippen LogP contribution in [0.5, 0.6) is 0 Å². The minimum Gasteiger partial charge on any atom is -0.478 e. The second-order valence-corrected chi connectivity index (χ2v) is 3.68. The lowest BCUT2D eigenvalue weighted by atomic mass is 10.1. The Hall–Kier alpha value is -2.30. The van der Waals surface area contributed by atoms with E-state index in [1.165, 1.54) is 6.07 Å². The first kappa shape index (κ1) is 13.8. The van der Waals surface area contributed by atoms with Crippen molar-refractivity contribution in [2.24, 2.45) is 0 Å². The number of urea groups is 1. The van der Waals surface area contributed by atoms with Crippen LogP contribution in [-0.4, -0.2) is 30.2 Å². The molecule has 0 aliphatic heterocycles. The second-order valence-electron chi connectivity index (χ2n) is 3.68. The van der Waals surface area contributed by atoms with Gasteiger partial charge in [-0.05, 0) is 24.1 Å². The lowest BCUT2D eigenvalue weighted by Crippen LogP contribution is -2.36. The monoisotopic (exact) mass is 248 g/mol. The minimum atomic E-state index is -0.950. The van der Waals surface area contributed by atoms with Gasteiger partial charge in [-0.2, -0.15) is 0 Å². The Balaban J connectivity index is 2.39. The molecule has 1 rings (SSSR count). The van der Waals surface area contributed by atoms with Crippen molar-refractivity contribution in [3.8, 4) is 0 Å². The molecule has 2 amide bonds. The third-order valence-electron chi connectivity index (χ3n) is 2.28. The molecule has 18 heavy (non-hydrogen) atoms. The van der Waals surface area contributed by atoms with Gasteiger partial charge in [0.15, 0.2) is 0 Å². The van der Waals surface area contributed by atoms with Gasteiger partial charge in [0.1, 0.15) is 0 Å². The lowest BCUT2D eigenvalue weighted by Gasteiger charge is -2.06. The van der Waals surface area contributed by atoms with E-state index >= 15 is 0 Å². The zero-order chi connectivity index (χ0) is 13.4. The molecule has 5 nitrogen and oxygen atoms in total. The highest BCUT2D eigenvalue weighted by atomic mass is 16.4. The Kier molecular flexibility index (Phi) is 5.44. The molecule has 0 aliphatic carbocycles. The molecule has 0 bridgehead atoms. The summed E-state index contributed by atoms with van der Waals surface area (Å²) in [5, 5.41) is 14.1. The molecule has 5 heteroatoms. The summed E-state index contributed by atoms with van der Waals surface area (Å²) in [7, 11) is 0. The van der Waals surface area contributed by atoms with Gasteiger partial charge in [-0.1, -0.05) is 18.2 Å². The predicted octanol–water partition coefficient (Wildman–Crippen LogP) is 1.41. The molecule has 0 saturated carbocycles. The molecule has 0 spiro atoms. The summed E-state index contributed by atoms with van der Waals surface area (Å²) in [5.74, 6) is -0.950. The molecule has 0 heterocycles. The van der Waals surface area contributed by atoms with E-state index in [0.717, 1.165) is 5.56 Å². The third kappa shape index (κ3) is 4.69. The number of carbonyl (C=O) groups excluding carboxylic acids is 1. The van der Waals surface area contributed by atoms with Gasteiger partial charge in [0.2, 0.25) is 0 Å². The molecular weight excluding hydrogens is 232 g/mol. The number of rotatable bonds is 6. The van der Waals surface area contributed by atoms with Crippen LogP contribution in [0.4, 0.5) is 4.79 Å².